The van der Waals surface area contributed by atoms with Crippen LogP contribution >= 0.6 is 31.9 Å². The van der Waals surface area contributed by atoms with Gasteiger partial charge >= 0.3 is 0 Å². The average molecular weight is 434 g/mol. The van der Waals surface area contributed by atoms with Crippen molar-refractivity contribution in [1.29, 1.82) is 0 Å². The maximum absolute atomic E-state index is 12.5. The quantitative estimate of drug-likeness (QED) is 0.719. The Hall–Kier alpha value is -0.890. The third kappa shape index (κ3) is 3.85. The summed E-state index contributed by atoms with van der Waals surface area (Å²) in [5.41, 5.74) is 6.91. The normalized spacial score (nSPS) is 13.1. The van der Waals surface area contributed by atoms with Gasteiger partial charge in [0.2, 0.25) is 10.0 Å². The number of benzene rings is 2. The minimum absolute atomic E-state index is 0.0495. The number of anilines is 1. The van der Waals surface area contributed by atoms with Crippen LogP contribution in [0, 0.1) is 0 Å². The van der Waals surface area contributed by atoms with Crippen LogP contribution in [0.5, 0.6) is 0 Å². The molecule has 3 N–H and O–H groups in total. The van der Waals surface area contributed by atoms with Crippen molar-refractivity contribution >= 4 is 47.6 Å². The molecular formula is C14H14Br2N2O2S. The highest BCUT2D eigenvalue weighted by Crippen LogP contribution is 2.32. The summed E-state index contributed by atoms with van der Waals surface area (Å²) in [4.78, 5) is 0.0495. The van der Waals surface area contributed by atoms with Crippen LogP contribution in [0.3, 0.4) is 0 Å². The molecule has 2 rings (SSSR count). The van der Waals surface area contributed by atoms with Gasteiger partial charge in [-0.25, -0.2) is 13.1 Å². The third-order valence-corrected chi connectivity index (χ3v) is 5.94. The maximum Gasteiger partial charge on any atom is 0.244 e. The summed E-state index contributed by atoms with van der Waals surface area (Å²) >= 11 is 6.53. The van der Waals surface area contributed by atoms with Crippen LogP contribution in [0.1, 0.15) is 18.5 Å². The lowest BCUT2D eigenvalue weighted by Gasteiger charge is -2.16. The minimum atomic E-state index is -3.73. The van der Waals surface area contributed by atoms with Crippen molar-refractivity contribution in [1.82, 2.24) is 4.72 Å². The molecule has 0 aromatic heterocycles. The van der Waals surface area contributed by atoms with E-state index in [0.29, 0.717) is 8.95 Å². The van der Waals surface area contributed by atoms with Crippen molar-refractivity contribution in [2.45, 2.75) is 17.9 Å². The molecule has 0 amide bonds. The number of nitrogens with one attached hydrogen (secondary N) is 1. The molecule has 21 heavy (non-hydrogen) atoms. The van der Waals surface area contributed by atoms with Gasteiger partial charge in [-0.3, -0.25) is 0 Å². The zero-order chi connectivity index (χ0) is 15.6. The number of hydrogen-bond acceptors (Lipinski definition) is 3. The molecule has 0 radical (unpaired) electrons. The fraction of sp³-hybridized carbons (Fsp3) is 0.143. The number of halogens is 2. The van der Waals surface area contributed by atoms with Gasteiger partial charge in [-0.1, -0.05) is 46.3 Å². The maximum atomic E-state index is 12.5. The van der Waals surface area contributed by atoms with Crippen LogP contribution in [-0.2, 0) is 10.0 Å². The van der Waals surface area contributed by atoms with E-state index in [9.17, 15) is 8.42 Å². The minimum Gasteiger partial charge on any atom is -0.398 e. The van der Waals surface area contributed by atoms with Crippen molar-refractivity contribution in [2.75, 3.05) is 5.73 Å². The van der Waals surface area contributed by atoms with Crippen LogP contribution < -0.4 is 10.5 Å². The van der Waals surface area contributed by atoms with Gasteiger partial charge in [-0.15, -0.1) is 0 Å². The zero-order valence-corrected chi connectivity index (χ0v) is 15.2. The molecule has 0 aliphatic carbocycles. The van der Waals surface area contributed by atoms with Crippen LogP contribution in [0.2, 0.25) is 0 Å². The zero-order valence-electron chi connectivity index (χ0n) is 11.2. The Labute approximate surface area is 141 Å². The topological polar surface area (TPSA) is 72.2 Å². The second-order valence-corrected chi connectivity index (χ2v) is 7.98. The molecule has 0 fully saturated rings. The summed E-state index contributed by atoms with van der Waals surface area (Å²) in [6.07, 6.45) is 0. The summed E-state index contributed by atoms with van der Waals surface area (Å²) in [7, 11) is -3.73. The first-order valence-corrected chi connectivity index (χ1v) is 9.20. The van der Waals surface area contributed by atoms with Crippen molar-refractivity contribution in [3.63, 3.8) is 0 Å². The average Bonchev–Trinajstić information content (AvgIpc) is 2.37. The van der Waals surface area contributed by atoms with Crippen molar-refractivity contribution in [3.8, 4) is 0 Å². The summed E-state index contributed by atoms with van der Waals surface area (Å²) in [6.45, 7) is 1.79. The van der Waals surface area contributed by atoms with Gasteiger partial charge in [0, 0.05) is 15.0 Å². The van der Waals surface area contributed by atoms with E-state index in [4.69, 9.17) is 5.73 Å². The number of rotatable bonds is 4. The molecule has 0 saturated carbocycles. The molecule has 0 heterocycles. The summed E-state index contributed by atoms with van der Waals surface area (Å²) in [5.74, 6) is 0. The van der Waals surface area contributed by atoms with E-state index in [0.717, 1.165) is 5.56 Å². The smallest absolute Gasteiger partial charge is 0.244 e. The molecule has 4 nitrogen and oxygen atoms in total. The highest BCUT2D eigenvalue weighted by molar-refractivity contribution is 9.11. The van der Waals surface area contributed by atoms with Crippen LogP contribution in [0.25, 0.3) is 0 Å². The van der Waals surface area contributed by atoms with Crippen LogP contribution in [0.4, 0.5) is 5.69 Å². The SMILES string of the molecule is C[C@@H](NS(=O)(=O)c1c(N)cc(Br)cc1Br)c1ccccc1. The molecule has 112 valence electrons. The molecule has 0 spiro atoms. The van der Waals surface area contributed by atoms with Gasteiger partial charge in [0.25, 0.3) is 0 Å². The highest BCUT2D eigenvalue weighted by Gasteiger charge is 2.24. The van der Waals surface area contributed by atoms with Gasteiger partial charge in [0.15, 0.2) is 0 Å². The first-order chi connectivity index (χ1) is 9.81. The van der Waals surface area contributed by atoms with E-state index in [-0.39, 0.29) is 16.6 Å². The van der Waals surface area contributed by atoms with Crippen molar-refractivity contribution in [3.05, 3.63) is 57.0 Å². The molecule has 2 aromatic carbocycles. The molecule has 1 atom stereocenters. The Balaban J connectivity index is 2.36. The monoisotopic (exact) mass is 432 g/mol. The lowest BCUT2D eigenvalue weighted by Crippen LogP contribution is -2.28. The van der Waals surface area contributed by atoms with Gasteiger partial charge in [0.1, 0.15) is 4.90 Å². The Kier molecular flexibility index (Phi) is 5.08. The van der Waals surface area contributed by atoms with E-state index in [1.54, 1.807) is 19.1 Å². The standard InChI is InChI=1S/C14H14Br2N2O2S/c1-9(10-5-3-2-4-6-10)18-21(19,20)14-12(16)7-11(15)8-13(14)17/h2-9,18H,17H2,1H3/t9-/m1/s1. The van der Waals surface area contributed by atoms with Gasteiger partial charge in [-0.05, 0) is 40.5 Å². The number of nitrogens with two attached hydrogens (primary N) is 1. The van der Waals surface area contributed by atoms with E-state index >= 15 is 0 Å². The molecule has 0 unspecified atom stereocenters. The second-order valence-electron chi connectivity index (χ2n) is 4.56. The summed E-state index contributed by atoms with van der Waals surface area (Å²) < 4.78 is 28.8. The lowest BCUT2D eigenvalue weighted by molar-refractivity contribution is 0.567. The molecular weight excluding hydrogens is 420 g/mol. The van der Waals surface area contributed by atoms with Gasteiger partial charge in [-0.2, -0.15) is 0 Å². The molecule has 0 aliphatic heterocycles. The fourth-order valence-electron chi connectivity index (χ4n) is 1.97. The molecule has 0 aliphatic rings. The number of sulfonamides is 1. The fourth-order valence-corrected chi connectivity index (χ4v) is 5.27. The largest absolute Gasteiger partial charge is 0.398 e. The number of nitrogen functional groups attached to an aromatic ring is 1. The molecule has 0 bridgehead atoms. The van der Waals surface area contributed by atoms with Gasteiger partial charge in [0.05, 0.1) is 5.69 Å². The Bertz CT molecular complexity index is 726. The predicted molar refractivity (Wildman–Crippen MR) is 91.4 cm³/mol. The van der Waals surface area contributed by atoms with Crippen LogP contribution in [0.15, 0.2) is 56.3 Å². The van der Waals surface area contributed by atoms with E-state index in [1.807, 2.05) is 30.3 Å². The number of hydrogen-bond donors (Lipinski definition) is 2. The van der Waals surface area contributed by atoms with Crippen LogP contribution in [-0.4, -0.2) is 8.42 Å². The lowest BCUT2D eigenvalue weighted by atomic mass is 10.1. The second kappa shape index (κ2) is 6.48. The first kappa shape index (κ1) is 16.5. The Morgan fingerprint density at radius 2 is 1.76 bits per heavy atom. The summed E-state index contributed by atoms with van der Waals surface area (Å²) in [5, 5.41) is 0. The van der Waals surface area contributed by atoms with Crippen molar-refractivity contribution in [2.24, 2.45) is 0 Å². The Morgan fingerprint density at radius 3 is 2.33 bits per heavy atom. The Morgan fingerprint density at radius 1 is 1.14 bits per heavy atom. The highest BCUT2D eigenvalue weighted by atomic mass is 79.9. The van der Waals surface area contributed by atoms with Crippen molar-refractivity contribution < 1.29 is 8.42 Å². The summed E-state index contributed by atoms with van der Waals surface area (Å²) in [6, 6.07) is 12.2. The predicted octanol–water partition coefficient (Wildman–Crippen LogP) is 3.83. The molecule has 7 heteroatoms. The first-order valence-electron chi connectivity index (χ1n) is 6.13. The van der Waals surface area contributed by atoms with Gasteiger partial charge < -0.3 is 5.73 Å². The van der Waals surface area contributed by atoms with E-state index < -0.39 is 10.0 Å². The third-order valence-electron chi connectivity index (χ3n) is 2.94. The van der Waals surface area contributed by atoms with E-state index in [1.165, 1.54) is 0 Å². The molecule has 2 aromatic rings. The van der Waals surface area contributed by atoms with E-state index in [2.05, 4.69) is 36.6 Å². The molecule has 0 saturated heterocycles.